The van der Waals surface area contributed by atoms with E-state index in [1.165, 1.54) is 25.5 Å². The smallest absolute Gasteiger partial charge is 0.270 e. The molecule has 1 saturated carbocycles. The van der Waals surface area contributed by atoms with Gasteiger partial charge in [-0.05, 0) is 30.9 Å². The number of amides is 1. The minimum Gasteiger partial charge on any atom is -0.397 e. The Bertz CT molecular complexity index is 402. The summed E-state index contributed by atoms with van der Waals surface area (Å²) >= 11 is 0. The van der Waals surface area contributed by atoms with E-state index in [4.69, 9.17) is 5.73 Å². The fourth-order valence-corrected chi connectivity index (χ4v) is 2.59. The zero-order valence-corrected chi connectivity index (χ0v) is 10.9. The van der Waals surface area contributed by atoms with E-state index in [2.05, 4.69) is 17.2 Å². The van der Waals surface area contributed by atoms with Crippen LogP contribution in [0, 0.1) is 5.92 Å². The summed E-state index contributed by atoms with van der Waals surface area (Å²) in [6.07, 6.45) is 7.40. The summed E-state index contributed by atoms with van der Waals surface area (Å²) in [7, 11) is 0. The lowest BCUT2D eigenvalue weighted by atomic mass is 9.84. The average molecular weight is 247 g/mol. The lowest BCUT2D eigenvalue weighted by Gasteiger charge is -2.28. The third kappa shape index (κ3) is 3.22. The molecule has 0 saturated heterocycles. The topological polar surface area (TPSA) is 68.0 Å². The van der Waals surface area contributed by atoms with Crippen LogP contribution in [0.2, 0.25) is 0 Å². The standard InChI is InChI=1S/C14H21N3O/c1-2-10-4-3-5-12(8-10)17-14(18)13-7-6-11(15)9-16-13/h6-7,9-10,12H,2-5,8,15H2,1H3,(H,17,18). The first-order chi connectivity index (χ1) is 8.69. The third-order valence-electron chi connectivity index (χ3n) is 3.71. The molecule has 1 aliphatic rings. The lowest BCUT2D eigenvalue weighted by molar-refractivity contribution is 0.0914. The molecule has 0 bridgehead atoms. The van der Waals surface area contributed by atoms with E-state index in [1.807, 2.05) is 0 Å². The van der Waals surface area contributed by atoms with Crippen LogP contribution in [0.5, 0.6) is 0 Å². The van der Waals surface area contributed by atoms with Gasteiger partial charge in [-0.15, -0.1) is 0 Å². The van der Waals surface area contributed by atoms with Gasteiger partial charge in [0.05, 0.1) is 11.9 Å². The van der Waals surface area contributed by atoms with Crippen molar-refractivity contribution < 1.29 is 4.79 Å². The number of hydrogen-bond acceptors (Lipinski definition) is 3. The number of nitrogens with two attached hydrogens (primary N) is 1. The van der Waals surface area contributed by atoms with E-state index in [9.17, 15) is 4.79 Å². The summed E-state index contributed by atoms with van der Waals surface area (Å²) < 4.78 is 0. The highest BCUT2D eigenvalue weighted by Gasteiger charge is 2.22. The number of aromatic nitrogens is 1. The molecule has 1 fully saturated rings. The molecule has 2 atom stereocenters. The third-order valence-corrected chi connectivity index (χ3v) is 3.71. The molecule has 3 N–H and O–H groups in total. The number of nitrogens with zero attached hydrogens (tertiary/aromatic N) is 1. The molecule has 98 valence electrons. The summed E-state index contributed by atoms with van der Waals surface area (Å²) in [5.41, 5.74) is 6.58. The maximum Gasteiger partial charge on any atom is 0.270 e. The van der Waals surface area contributed by atoms with Crippen LogP contribution in [0.15, 0.2) is 18.3 Å². The molecule has 2 unspecified atom stereocenters. The van der Waals surface area contributed by atoms with Crippen LogP contribution < -0.4 is 11.1 Å². The molecule has 1 aliphatic carbocycles. The molecule has 1 heterocycles. The summed E-state index contributed by atoms with van der Waals surface area (Å²) in [5, 5.41) is 3.08. The van der Waals surface area contributed by atoms with E-state index < -0.39 is 0 Å². The van der Waals surface area contributed by atoms with Crippen LogP contribution in [0.4, 0.5) is 5.69 Å². The Hall–Kier alpha value is -1.58. The van der Waals surface area contributed by atoms with E-state index >= 15 is 0 Å². The largest absolute Gasteiger partial charge is 0.397 e. The molecule has 0 aliphatic heterocycles. The van der Waals surface area contributed by atoms with Gasteiger partial charge in [0.1, 0.15) is 5.69 Å². The van der Waals surface area contributed by atoms with Crippen LogP contribution in [-0.4, -0.2) is 16.9 Å². The Morgan fingerprint density at radius 1 is 1.50 bits per heavy atom. The van der Waals surface area contributed by atoms with Crippen LogP contribution in [0.1, 0.15) is 49.5 Å². The SMILES string of the molecule is CCC1CCCC(NC(=O)c2ccc(N)cn2)C1. The van der Waals surface area contributed by atoms with Crippen molar-refractivity contribution in [1.29, 1.82) is 0 Å². The number of carbonyl (C=O) groups excluding carboxylic acids is 1. The highest BCUT2D eigenvalue weighted by molar-refractivity contribution is 5.92. The summed E-state index contributed by atoms with van der Waals surface area (Å²) in [6, 6.07) is 3.68. The Kier molecular flexibility index (Phi) is 4.18. The molecule has 2 rings (SSSR count). The van der Waals surface area contributed by atoms with E-state index in [0.717, 1.165) is 18.8 Å². The molecule has 0 aromatic carbocycles. The minimum absolute atomic E-state index is 0.0863. The Balaban J connectivity index is 1.92. The second-order valence-electron chi connectivity index (χ2n) is 5.09. The number of carbonyl (C=O) groups is 1. The van der Waals surface area contributed by atoms with Crippen LogP contribution >= 0.6 is 0 Å². The second kappa shape index (κ2) is 5.85. The van der Waals surface area contributed by atoms with Gasteiger partial charge < -0.3 is 11.1 Å². The maximum atomic E-state index is 12.0. The van der Waals surface area contributed by atoms with E-state index in [1.54, 1.807) is 12.1 Å². The van der Waals surface area contributed by atoms with Gasteiger partial charge in [0, 0.05) is 6.04 Å². The van der Waals surface area contributed by atoms with Crippen molar-refractivity contribution in [2.75, 3.05) is 5.73 Å². The van der Waals surface area contributed by atoms with E-state index in [0.29, 0.717) is 17.4 Å². The molecular formula is C14H21N3O. The number of hydrogen-bond donors (Lipinski definition) is 2. The van der Waals surface area contributed by atoms with Crippen LogP contribution in [0.3, 0.4) is 0 Å². The molecular weight excluding hydrogens is 226 g/mol. The molecule has 4 nitrogen and oxygen atoms in total. The highest BCUT2D eigenvalue weighted by atomic mass is 16.1. The second-order valence-corrected chi connectivity index (χ2v) is 5.09. The fraction of sp³-hybridized carbons (Fsp3) is 0.571. The molecule has 1 amide bonds. The number of rotatable bonds is 3. The Morgan fingerprint density at radius 2 is 2.33 bits per heavy atom. The number of anilines is 1. The predicted molar refractivity (Wildman–Crippen MR) is 72.2 cm³/mol. The van der Waals surface area contributed by atoms with Crippen LogP contribution in [0.25, 0.3) is 0 Å². The van der Waals surface area contributed by atoms with Gasteiger partial charge in [0.25, 0.3) is 5.91 Å². The molecule has 4 heteroatoms. The van der Waals surface area contributed by atoms with E-state index in [-0.39, 0.29) is 5.91 Å². The molecule has 0 radical (unpaired) electrons. The van der Waals surface area contributed by atoms with Crippen molar-refractivity contribution in [3.05, 3.63) is 24.0 Å². The zero-order chi connectivity index (χ0) is 13.0. The normalized spacial score (nSPS) is 23.6. The predicted octanol–water partition coefficient (Wildman–Crippen LogP) is 2.36. The summed E-state index contributed by atoms with van der Waals surface area (Å²) in [6.45, 7) is 2.22. The van der Waals surface area contributed by atoms with Gasteiger partial charge in [-0.25, -0.2) is 4.98 Å². The number of nitrogens with one attached hydrogen (secondary N) is 1. The van der Waals surface area contributed by atoms with Gasteiger partial charge in [-0.2, -0.15) is 0 Å². The number of nitrogen functional groups attached to an aromatic ring is 1. The average Bonchev–Trinajstić information content (AvgIpc) is 2.39. The van der Waals surface area contributed by atoms with Gasteiger partial charge in [0.2, 0.25) is 0 Å². The first kappa shape index (κ1) is 12.9. The Morgan fingerprint density at radius 3 is 3.00 bits per heavy atom. The first-order valence-electron chi connectivity index (χ1n) is 6.71. The van der Waals surface area contributed by atoms with Gasteiger partial charge in [-0.1, -0.05) is 26.2 Å². The summed E-state index contributed by atoms with van der Waals surface area (Å²) in [4.78, 5) is 16.1. The monoisotopic (exact) mass is 247 g/mol. The van der Waals surface area contributed by atoms with Crippen molar-refractivity contribution in [1.82, 2.24) is 10.3 Å². The quantitative estimate of drug-likeness (QED) is 0.861. The zero-order valence-electron chi connectivity index (χ0n) is 10.9. The Labute approximate surface area is 108 Å². The maximum absolute atomic E-state index is 12.0. The molecule has 1 aromatic heterocycles. The molecule has 1 aromatic rings. The molecule has 0 spiro atoms. The van der Waals surface area contributed by atoms with Gasteiger partial charge >= 0.3 is 0 Å². The fourth-order valence-electron chi connectivity index (χ4n) is 2.59. The summed E-state index contributed by atoms with van der Waals surface area (Å²) in [5.74, 6) is 0.667. The number of pyridine rings is 1. The van der Waals surface area contributed by atoms with Crippen molar-refractivity contribution >= 4 is 11.6 Å². The van der Waals surface area contributed by atoms with Gasteiger partial charge in [-0.3, -0.25) is 4.79 Å². The first-order valence-corrected chi connectivity index (χ1v) is 6.71. The lowest BCUT2D eigenvalue weighted by Crippen LogP contribution is -2.38. The highest BCUT2D eigenvalue weighted by Crippen LogP contribution is 2.26. The van der Waals surface area contributed by atoms with Crippen molar-refractivity contribution in [3.63, 3.8) is 0 Å². The van der Waals surface area contributed by atoms with Crippen molar-refractivity contribution in [2.24, 2.45) is 5.92 Å². The van der Waals surface area contributed by atoms with Crippen LogP contribution in [-0.2, 0) is 0 Å². The van der Waals surface area contributed by atoms with Gasteiger partial charge in [0.15, 0.2) is 0 Å². The van der Waals surface area contributed by atoms with Crippen molar-refractivity contribution in [2.45, 2.75) is 45.1 Å². The minimum atomic E-state index is -0.0863. The van der Waals surface area contributed by atoms with Crippen molar-refractivity contribution in [3.8, 4) is 0 Å². The molecule has 18 heavy (non-hydrogen) atoms.